The molecule has 0 spiro atoms. The first-order valence-electron chi connectivity index (χ1n) is 11.6. The maximum absolute atomic E-state index is 14.0. The number of ether oxygens (including phenoxy) is 1. The van der Waals surface area contributed by atoms with Gasteiger partial charge in [0.25, 0.3) is 5.78 Å². The van der Waals surface area contributed by atoms with Gasteiger partial charge in [-0.25, -0.2) is 9.86 Å². The number of fused-ring (bicyclic) bond motifs is 1. The summed E-state index contributed by atoms with van der Waals surface area (Å²) >= 11 is 2.21. The molecule has 1 heterocycles. The first-order chi connectivity index (χ1) is 18.0. The number of hydroxylamine groups is 1. The van der Waals surface area contributed by atoms with E-state index in [-0.39, 0.29) is 0 Å². The lowest BCUT2D eigenvalue weighted by Gasteiger charge is -2.27. The van der Waals surface area contributed by atoms with E-state index < -0.39 is 35.5 Å². The van der Waals surface area contributed by atoms with Gasteiger partial charge >= 0.3 is 11.7 Å². The zero-order valence-corrected chi connectivity index (χ0v) is 22.0. The van der Waals surface area contributed by atoms with Crippen LogP contribution in [0.4, 0.5) is 5.69 Å². The number of ketones is 1. The van der Waals surface area contributed by atoms with E-state index >= 15 is 0 Å². The van der Waals surface area contributed by atoms with Crippen molar-refractivity contribution in [2.24, 2.45) is 5.92 Å². The van der Waals surface area contributed by atoms with Crippen LogP contribution in [0.25, 0.3) is 16.3 Å². The Morgan fingerprint density at radius 3 is 2.30 bits per heavy atom. The summed E-state index contributed by atoms with van der Waals surface area (Å²) in [5.74, 6) is -2.62. The van der Waals surface area contributed by atoms with Crippen molar-refractivity contribution < 1.29 is 24.0 Å². The molecule has 0 bridgehead atoms. The fraction of sp³-hybridized carbons (Fsp3) is 0.138. The lowest BCUT2D eigenvalue weighted by atomic mass is 9.80. The van der Waals surface area contributed by atoms with E-state index in [4.69, 9.17) is 9.57 Å². The number of hydrogen-bond acceptors (Lipinski definition) is 5. The van der Waals surface area contributed by atoms with Gasteiger partial charge in [0.05, 0.1) is 24.8 Å². The van der Waals surface area contributed by atoms with Crippen molar-refractivity contribution in [3.63, 3.8) is 0 Å². The molecule has 0 radical (unpaired) electrons. The number of anilines is 1. The molecule has 8 heteroatoms. The number of esters is 1. The van der Waals surface area contributed by atoms with Gasteiger partial charge in [-0.1, -0.05) is 72.8 Å². The summed E-state index contributed by atoms with van der Waals surface area (Å²) < 4.78 is 5.79. The smallest absolute Gasteiger partial charge is 0.441 e. The van der Waals surface area contributed by atoms with Crippen molar-refractivity contribution in [1.29, 1.82) is 0 Å². The first kappa shape index (κ1) is 24.8. The van der Waals surface area contributed by atoms with Crippen LogP contribution in [0.2, 0.25) is 0 Å². The number of halogens is 1. The van der Waals surface area contributed by atoms with Crippen LogP contribution in [0.1, 0.15) is 23.3 Å². The lowest BCUT2D eigenvalue weighted by molar-refractivity contribution is -0.140. The summed E-state index contributed by atoms with van der Waals surface area (Å²) in [6.45, 7) is 0. The van der Waals surface area contributed by atoms with Crippen LogP contribution in [0.5, 0.6) is 0 Å². The molecule has 184 valence electrons. The number of methoxy groups -OCH3 is 1. The summed E-state index contributed by atoms with van der Waals surface area (Å²) in [5, 5.41) is 3.67. The number of para-hydroxylation sites is 1. The summed E-state index contributed by atoms with van der Waals surface area (Å²) in [6, 6.07) is 30.3. The zero-order valence-electron chi connectivity index (χ0n) is 19.8. The molecule has 37 heavy (non-hydrogen) atoms. The van der Waals surface area contributed by atoms with Crippen molar-refractivity contribution in [3.05, 3.63) is 117 Å². The maximum Gasteiger partial charge on any atom is 0.441 e. The highest BCUT2D eigenvalue weighted by molar-refractivity contribution is 14.1. The molecule has 7 nitrogen and oxygen atoms in total. The number of benzene rings is 4. The first-order valence-corrected chi connectivity index (χ1v) is 12.7. The molecule has 0 amide bonds. The summed E-state index contributed by atoms with van der Waals surface area (Å²) in [4.78, 5) is 36.1. The maximum atomic E-state index is 14.0. The summed E-state index contributed by atoms with van der Waals surface area (Å²) in [5.41, 5.74) is 11.3. The molecule has 0 saturated carbocycles. The van der Waals surface area contributed by atoms with Crippen LogP contribution in [-0.2, 0) is 19.2 Å². The third-order valence-corrected chi connectivity index (χ3v) is 7.23. The van der Waals surface area contributed by atoms with Crippen molar-refractivity contribution >= 4 is 56.5 Å². The van der Waals surface area contributed by atoms with E-state index in [1.54, 1.807) is 5.06 Å². The van der Waals surface area contributed by atoms with Gasteiger partial charge in [0, 0.05) is 3.57 Å². The fourth-order valence-corrected chi connectivity index (χ4v) is 5.20. The Kier molecular flexibility index (Phi) is 7.14. The number of carbonyl (C=O) groups excluding carboxylic acids is 2. The van der Waals surface area contributed by atoms with Crippen LogP contribution >= 0.6 is 22.6 Å². The number of nitrogens with zero attached hydrogens (tertiary/aromatic N) is 3. The van der Waals surface area contributed by atoms with E-state index in [1.807, 2.05) is 97.1 Å². The Bertz CT molecular complexity index is 1510. The Morgan fingerprint density at radius 2 is 1.59 bits per heavy atom. The monoisotopic (exact) mass is 603 g/mol. The molecule has 0 N–H and O–H groups in total. The molecular formula is C29H22IN3O4. The van der Waals surface area contributed by atoms with E-state index in [9.17, 15) is 15.1 Å². The molecule has 1 fully saturated rings. The van der Waals surface area contributed by atoms with Gasteiger partial charge < -0.3 is 10.3 Å². The fourth-order valence-electron chi connectivity index (χ4n) is 4.84. The van der Waals surface area contributed by atoms with Gasteiger partial charge in [0.15, 0.2) is 0 Å². The van der Waals surface area contributed by atoms with Crippen molar-refractivity contribution in [3.8, 4) is 0 Å². The second-order valence-electron chi connectivity index (χ2n) is 8.58. The van der Waals surface area contributed by atoms with Gasteiger partial charge in [-0.3, -0.25) is 9.63 Å². The predicted molar refractivity (Wildman–Crippen MR) is 148 cm³/mol. The second kappa shape index (κ2) is 10.6. The third kappa shape index (κ3) is 4.67. The summed E-state index contributed by atoms with van der Waals surface area (Å²) in [6.07, 6.45) is -0.768. The second-order valence-corrected chi connectivity index (χ2v) is 9.83. The molecule has 4 aromatic rings. The molecule has 3 atom stereocenters. The quantitative estimate of drug-likeness (QED) is 0.0704. The van der Waals surface area contributed by atoms with Crippen LogP contribution in [0.15, 0.2) is 97.1 Å². The van der Waals surface area contributed by atoms with Crippen LogP contribution in [0.3, 0.4) is 0 Å². The van der Waals surface area contributed by atoms with E-state index in [0.29, 0.717) is 0 Å². The number of carbonyl (C=O) groups is 2. The normalized spacial score (nSPS) is 18.9. The average molecular weight is 603 g/mol. The highest BCUT2D eigenvalue weighted by Gasteiger charge is 2.54. The van der Waals surface area contributed by atoms with Crippen molar-refractivity contribution in [2.45, 2.75) is 12.1 Å². The molecule has 0 aromatic heterocycles. The number of hydrogen-bond donors (Lipinski definition) is 0. The molecular weight excluding hydrogens is 581 g/mol. The SMILES string of the molecule is COC(=O)C(=[N+]=[N-])C(=O)[C@@H]1[C@@H](c2ccc(I)cc2)ON(c2ccccc2)[C@H]1c1cccc2ccccc12. The molecule has 0 unspecified atom stereocenters. The molecule has 4 aromatic carbocycles. The molecule has 1 saturated heterocycles. The number of Topliss-reactive ketones (excluding diaryl/α,β-unsaturated/α-hetero) is 1. The van der Waals surface area contributed by atoms with Gasteiger partial charge in [0.2, 0.25) is 0 Å². The number of rotatable bonds is 6. The third-order valence-electron chi connectivity index (χ3n) is 6.51. The van der Waals surface area contributed by atoms with Crippen LogP contribution in [-0.4, -0.2) is 29.4 Å². The van der Waals surface area contributed by atoms with E-state index in [2.05, 4.69) is 27.4 Å². The molecule has 1 aliphatic rings. The van der Waals surface area contributed by atoms with Crippen LogP contribution in [0, 0.1) is 9.49 Å². The van der Waals surface area contributed by atoms with Crippen LogP contribution < -0.4 is 5.06 Å². The molecule has 5 rings (SSSR count). The Labute approximate surface area is 227 Å². The molecule has 0 aliphatic carbocycles. The average Bonchev–Trinajstić information content (AvgIpc) is 3.34. The lowest BCUT2D eigenvalue weighted by Crippen LogP contribution is -2.37. The highest BCUT2D eigenvalue weighted by Crippen LogP contribution is 2.50. The largest absolute Gasteiger partial charge is 0.460 e. The minimum Gasteiger partial charge on any atom is -0.460 e. The zero-order chi connectivity index (χ0) is 25.9. The van der Waals surface area contributed by atoms with E-state index in [1.165, 1.54) is 0 Å². The minimum absolute atomic E-state index is 0.647. The Morgan fingerprint density at radius 1 is 0.919 bits per heavy atom. The Hall–Kier alpha value is -3.85. The van der Waals surface area contributed by atoms with Crippen molar-refractivity contribution in [2.75, 3.05) is 12.2 Å². The predicted octanol–water partition coefficient (Wildman–Crippen LogP) is 5.71. The topological polar surface area (TPSA) is 92.2 Å². The Balaban J connectivity index is 1.76. The minimum atomic E-state index is -1.01. The van der Waals surface area contributed by atoms with Gasteiger partial charge in [-0.05, 0) is 68.8 Å². The van der Waals surface area contributed by atoms with Crippen molar-refractivity contribution in [1.82, 2.24) is 0 Å². The van der Waals surface area contributed by atoms with Gasteiger partial charge in [-0.2, -0.15) is 4.79 Å². The van der Waals surface area contributed by atoms with E-state index in [0.717, 1.165) is 38.3 Å². The van der Waals surface area contributed by atoms with Gasteiger partial charge in [0.1, 0.15) is 6.10 Å². The summed E-state index contributed by atoms with van der Waals surface area (Å²) in [7, 11) is 1.14. The standard InChI is InChI=1S/C29H22IN3O4/c1-36-29(35)25(32-31)27(34)24-26(23-13-7-9-18-8-5-6-12-22(18)23)33(21-10-3-2-4-11-21)37-28(24)19-14-16-20(30)17-15-19/h2-17,24,26,28H,1H3/t24-,26+,28-/m1/s1. The van der Waals surface area contributed by atoms with Gasteiger partial charge in [-0.15, -0.1) is 0 Å². The molecule has 1 aliphatic heterocycles. The highest BCUT2D eigenvalue weighted by atomic mass is 127.